The van der Waals surface area contributed by atoms with Crippen LogP contribution >= 0.6 is 0 Å². The number of aryl methyl sites for hydroxylation is 1. The standard InChI is InChI=1S/C32H54N2/c1-4-5-6-7-8-9-10-11-12-13-14-15-16-17-18-19-20-21-29(3)33-25-24-30-27-34-32-23-22-28(2)26-31(30)32/h22-23,26-27,33-34H,3-21,24-25H2,1-2H3. The first-order chi connectivity index (χ1) is 16.7. The number of hydrogen-bond acceptors (Lipinski definition) is 1. The lowest BCUT2D eigenvalue weighted by Gasteiger charge is -2.09. The number of aromatic nitrogens is 1. The van der Waals surface area contributed by atoms with E-state index in [1.807, 2.05) is 0 Å². The van der Waals surface area contributed by atoms with Crippen LogP contribution in [0.2, 0.25) is 0 Å². The summed E-state index contributed by atoms with van der Waals surface area (Å²) in [5, 5.41) is 4.91. The van der Waals surface area contributed by atoms with E-state index in [4.69, 9.17) is 0 Å². The van der Waals surface area contributed by atoms with Crippen LogP contribution < -0.4 is 5.32 Å². The number of hydrogen-bond donors (Lipinski definition) is 2. The zero-order valence-electron chi connectivity index (χ0n) is 22.7. The first-order valence-electron chi connectivity index (χ1n) is 14.7. The maximum absolute atomic E-state index is 4.24. The number of unbranched alkanes of at least 4 members (excludes halogenated alkanes) is 16. The number of fused-ring (bicyclic) bond motifs is 1. The lowest BCUT2D eigenvalue weighted by Crippen LogP contribution is -2.15. The number of rotatable bonds is 22. The van der Waals surface area contributed by atoms with E-state index < -0.39 is 0 Å². The summed E-state index contributed by atoms with van der Waals surface area (Å²) >= 11 is 0. The second kappa shape index (κ2) is 18.6. The molecule has 0 bridgehead atoms. The Morgan fingerprint density at radius 2 is 1.29 bits per heavy atom. The minimum Gasteiger partial charge on any atom is -0.388 e. The number of nitrogens with one attached hydrogen (secondary N) is 2. The quantitative estimate of drug-likeness (QED) is 0.166. The van der Waals surface area contributed by atoms with Crippen LogP contribution in [-0.4, -0.2) is 11.5 Å². The zero-order chi connectivity index (χ0) is 24.3. The van der Waals surface area contributed by atoms with Gasteiger partial charge in [-0.3, -0.25) is 0 Å². The Morgan fingerprint density at radius 1 is 0.765 bits per heavy atom. The number of benzene rings is 1. The van der Waals surface area contributed by atoms with Gasteiger partial charge in [-0.1, -0.05) is 128 Å². The first-order valence-corrected chi connectivity index (χ1v) is 14.7. The Hall–Kier alpha value is -1.70. The lowest BCUT2D eigenvalue weighted by molar-refractivity contribution is 0.526. The molecule has 0 unspecified atom stereocenters. The molecule has 2 nitrogen and oxygen atoms in total. The highest BCUT2D eigenvalue weighted by atomic mass is 14.9. The molecule has 2 rings (SSSR count). The molecule has 192 valence electrons. The Bertz CT molecular complexity index is 772. The topological polar surface area (TPSA) is 27.8 Å². The number of aromatic amines is 1. The highest BCUT2D eigenvalue weighted by molar-refractivity contribution is 5.83. The van der Waals surface area contributed by atoms with Crippen molar-refractivity contribution < 1.29 is 0 Å². The Balaban J connectivity index is 1.33. The molecule has 34 heavy (non-hydrogen) atoms. The molecule has 0 spiro atoms. The van der Waals surface area contributed by atoms with Crippen LogP contribution in [-0.2, 0) is 6.42 Å². The van der Waals surface area contributed by atoms with Gasteiger partial charge in [0.25, 0.3) is 0 Å². The summed E-state index contributed by atoms with van der Waals surface area (Å²) in [4.78, 5) is 3.39. The van der Waals surface area contributed by atoms with Gasteiger partial charge in [-0.2, -0.15) is 0 Å². The van der Waals surface area contributed by atoms with Crippen LogP contribution in [0.3, 0.4) is 0 Å². The van der Waals surface area contributed by atoms with E-state index >= 15 is 0 Å². The summed E-state index contributed by atoms with van der Waals surface area (Å²) in [6.07, 6.45) is 28.6. The lowest BCUT2D eigenvalue weighted by atomic mass is 10.0. The normalized spacial score (nSPS) is 11.4. The third-order valence-electron chi connectivity index (χ3n) is 7.27. The monoisotopic (exact) mass is 466 g/mol. The van der Waals surface area contributed by atoms with Crippen molar-refractivity contribution in [2.24, 2.45) is 0 Å². The van der Waals surface area contributed by atoms with E-state index in [9.17, 15) is 0 Å². The summed E-state index contributed by atoms with van der Waals surface area (Å²) in [7, 11) is 0. The summed E-state index contributed by atoms with van der Waals surface area (Å²) in [6, 6.07) is 6.63. The van der Waals surface area contributed by atoms with Crippen molar-refractivity contribution in [1.29, 1.82) is 0 Å². The average Bonchev–Trinajstić information content (AvgIpc) is 3.23. The molecule has 0 aliphatic carbocycles. The van der Waals surface area contributed by atoms with Crippen LogP contribution in [0.5, 0.6) is 0 Å². The molecule has 0 fully saturated rings. The molecule has 0 saturated heterocycles. The molecular formula is C32H54N2. The maximum Gasteiger partial charge on any atom is 0.0456 e. The van der Waals surface area contributed by atoms with Gasteiger partial charge in [0.2, 0.25) is 0 Å². The Kier molecular flexibility index (Phi) is 15.6. The van der Waals surface area contributed by atoms with Crippen molar-refractivity contribution in [3.63, 3.8) is 0 Å². The van der Waals surface area contributed by atoms with Crippen molar-refractivity contribution in [2.45, 2.75) is 136 Å². The molecule has 2 aromatic rings. The predicted molar refractivity (Wildman–Crippen MR) is 153 cm³/mol. The molecule has 1 aromatic heterocycles. The fraction of sp³-hybridized carbons (Fsp3) is 0.688. The minimum absolute atomic E-state index is 0.971. The molecule has 0 aliphatic rings. The molecule has 0 saturated carbocycles. The minimum atomic E-state index is 0.971. The molecular weight excluding hydrogens is 412 g/mol. The maximum atomic E-state index is 4.24. The number of H-pyrrole nitrogens is 1. The SMILES string of the molecule is C=C(CCCCCCCCCCCCCCCCCCC)NCCc1c[nH]c2ccc(C)cc12. The average molecular weight is 467 g/mol. The van der Waals surface area contributed by atoms with Crippen LogP contribution in [0.4, 0.5) is 0 Å². The Morgan fingerprint density at radius 3 is 1.85 bits per heavy atom. The van der Waals surface area contributed by atoms with E-state index in [0.717, 1.165) is 19.4 Å². The van der Waals surface area contributed by atoms with Crippen molar-refractivity contribution >= 4 is 10.9 Å². The zero-order valence-corrected chi connectivity index (χ0v) is 22.7. The molecule has 2 N–H and O–H groups in total. The highest BCUT2D eigenvalue weighted by Crippen LogP contribution is 2.20. The Labute approximate surface area is 211 Å². The van der Waals surface area contributed by atoms with Crippen molar-refractivity contribution in [1.82, 2.24) is 10.3 Å². The van der Waals surface area contributed by atoms with Crippen LogP contribution in [0.1, 0.15) is 134 Å². The molecule has 2 heteroatoms. The summed E-state index contributed by atoms with van der Waals surface area (Å²) < 4.78 is 0. The largest absolute Gasteiger partial charge is 0.388 e. The van der Waals surface area contributed by atoms with Gasteiger partial charge in [0, 0.05) is 29.3 Å². The summed E-state index contributed by atoms with van der Waals surface area (Å²) in [5.74, 6) is 0. The van der Waals surface area contributed by atoms with E-state index in [1.54, 1.807) is 0 Å². The molecule has 1 aromatic carbocycles. The highest BCUT2D eigenvalue weighted by Gasteiger charge is 2.04. The van der Waals surface area contributed by atoms with Gasteiger partial charge in [-0.05, 0) is 43.9 Å². The summed E-state index contributed by atoms with van der Waals surface area (Å²) in [6.45, 7) is 9.67. The second-order valence-corrected chi connectivity index (χ2v) is 10.6. The van der Waals surface area contributed by atoms with Crippen LogP contribution in [0.15, 0.2) is 36.7 Å². The third-order valence-corrected chi connectivity index (χ3v) is 7.27. The van der Waals surface area contributed by atoms with Crippen molar-refractivity contribution in [2.75, 3.05) is 6.54 Å². The van der Waals surface area contributed by atoms with E-state index in [-0.39, 0.29) is 0 Å². The van der Waals surface area contributed by atoms with Crippen LogP contribution in [0.25, 0.3) is 10.9 Å². The number of allylic oxidation sites excluding steroid dienone is 1. The molecule has 0 aliphatic heterocycles. The second-order valence-electron chi connectivity index (χ2n) is 10.6. The van der Waals surface area contributed by atoms with E-state index in [1.165, 1.54) is 137 Å². The van der Waals surface area contributed by atoms with Gasteiger partial charge in [-0.25, -0.2) is 0 Å². The van der Waals surface area contributed by atoms with Gasteiger partial charge < -0.3 is 10.3 Å². The first kappa shape index (κ1) is 28.5. The van der Waals surface area contributed by atoms with Gasteiger partial charge in [-0.15, -0.1) is 0 Å². The van der Waals surface area contributed by atoms with E-state index in [0.29, 0.717) is 0 Å². The van der Waals surface area contributed by atoms with Gasteiger partial charge in [0.15, 0.2) is 0 Å². The van der Waals surface area contributed by atoms with E-state index in [2.05, 4.69) is 55.1 Å². The summed E-state index contributed by atoms with van der Waals surface area (Å²) in [5.41, 5.74) is 5.17. The predicted octanol–water partition coefficient (Wildman–Crippen LogP) is 10.2. The molecule has 0 radical (unpaired) electrons. The van der Waals surface area contributed by atoms with Gasteiger partial charge in [0.1, 0.15) is 0 Å². The fourth-order valence-electron chi connectivity index (χ4n) is 5.02. The molecule has 0 amide bonds. The van der Waals surface area contributed by atoms with Crippen molar-refractivity contribution in [3.05, 3.63) is 47.8 Å². The molecule has 0 atom stereocenters. The fourth-order valence-corrected chi connectivity index (χ4v) is 5.02. The van der Waals surface area contributed by atoms with Crippen LogP contribution in [0, 0.1) is 6.92 Å². The smallest absolute Gasteiger partial charge is 0.0456 e. The third kappa shape index (κ3) is 12.7. The molecule has 1 heterocycles. The van der Waals surface area contributed by atoms with Crippen molar-refractivity contribution in [3.8, 4) is 0 Å². The van der Waals surface area contributed by atoms with Gasteiger partial charge in [0.05, 0.1) is 0 Å². The van der Waals surface area contributed by atoms with Gasteiger partial charge >= 0.3 is 0 Å².